The van der Waals surface area contributed by atoms with Gasteiger partial charge in [0.05, 0.1) is 18.6 Å². The van der Waals surface area contributed by atoms with Gasteiger partial charge in [-0.25, -0.2) is 0 Å². The quantitative estimate of drug-likeness (QED) is 0.829. The van der Waals surface area contributed by atoms with Gasteiger partial charge in [0.2, 0.25) is 0 Å². The average Bonchev–Trinajstić information content (AvgIpc) is 2.38. The first kappa shape index (κ1) is 13.7. The fourth-order valence-electron chi connectivity index (χ4n) is 3.02. The molecule has 0 aromatic heterocycles. The lowest BCUT2D eigenvalue weighted by atomic mass is 9.74. The largest absolute Gasteiger partial charge is 0.497 e. The van der Waals surface area contributed by atoms with E-state index in [4.69, 9.17) is 10.5 Å². The van der Waals surface area contributed by atoms with Crippen molar-refractivity contribution in [3.63, 3.8) is 0 Å². The van der Waals surface area contributed by atoms with Crippen LogP contribution in [0.2, 0.25) is 0 Å². The molecule has 3 atom stereocenters. The first-order valence-corrected chi connectivity index (χ1v) is 6.65. The second kappa shape index (κ2) is 5.51. The van der Waals surface area contributed by atoms with Gasteiger partial charge in [0, 0.05) is 0 Å². The van der Waals surface area contributed by atoms with Crippen molar-refractivity contribution < 1.29 is 17.9 Å². The van der Waals surface area contributed by atoms with Crippen LogP contribution < -0.4 is 5.73 Å². The molecule has 18 heavy (non-hydrogen) atoms. The van der Waals surface area contributed by atoms with Crippen LogP contribution >= 0.6 is 0 Å². The van der Waals surface area contributed by atoms with E-state index < -0.39 is 24.1 Å². The first-order valence-electron chi connectivity index (χ1n) is 6.65. The fraction of sp³-hybridized carbons (Fsp3) is 0.846. The van der Waals surface area contributed by atoms with Crippen LogP contribution in [0.15, 0.2) is 11.8 Å². The van der Waals surface area contributed by atoms with Crippen LogP contribution in [0.3, 0.4) is 0 Å². The molecule has 3 unspecified atom stereocenters. The molecule has 104 valence electrons. The minimum atomic E-state index is -4.14. The summed E-state index contributed by atoms with van der Waals surface area (Å²) < 4.78 is 44.4. The fourth-order valence-corrected chi connectivity index (χ4v) is 3.02. The number of nitrogens with two attached hydrogens (primary N) is 1. The zero-order chi connectivity index (χ0) is 13.2. The monoisotopic (exact) mass is 263 g/mol. The summed E-state index contributed by atoms with van der Waals surface area (Å²) in [6.07, 6.45) is 1.72. The predicted molar refractivity (Wildman–Crippen MR) is 62.7 cm³/mol. The highest BCUT2D eigenvalue weighted by atomic mass is 19.4. The van der Waals surface area contributed by atoms with Crippen LogP contribution in [0.25, 0.3) is 0 Å². The minimum absolute atomic E-state index is 0.204. The molecule has 0 aromatic rings. The van der Waals surface area contributed by atoms with Crippen LogP contribution in [-0.2, 0) is 4.74 Å². The van der Waals surface area contributed by atoms with Gasteiger partial charge >= 0.3 is 6.18 Å². The molecule has 2 N–H and O–H groups in total. The molecule has 1 heterocycles. The summed E-state index contributed by atoms with van der Waals surface area (Å²) in [7, 11) is 0. The summed E-state index contributed by atoms with van der Waals surface area (Å²) in [6, 6.07) is -0.600. The van der Waals surface area contributed by atoms with Gasteiger partial charge in [-0.05, 0) is 37.7 Å². The van der Waals surface area contributed by atoms with Crippen LogP contribution in [0.5, 0.6) is 0 Å². The summed E-state index contributed by atoms with van der Waals surface area (Å²) in [5.74, 6) is -1.22. The van der Waals surface area contributed by atoms with Crippen LogP contribution in [0, 0.1) is 11.8 Å². The van der Waals surface area contributed by atoms with Gasteiger partial charge < -0.3 is 10.5 Å². The molecule has 0 saturated heterocycles. The molecule has 2 rings (SSSR count). The maximum atomic E-state index is 13.0. The number of rotatable bonds is 2. The second-order valence-corrected chi connectivity index (χ2v) is 5.22. The molecule has 2 nitrogen and oxygen atoms in total. The summed E-state index contributed by atoms with van der Waals surface area (Å²) in [6.45, 7) is 0.572. The number of halogens is 3. The maximum absolute atomic E-state index is 13.0. The van der Waals surface area contributed by atoms with Crippen molar-refractivity contribution in [1.29, 1.82) is 0 Å². The lowest BCUT2D eigenvalue weighted by molar-refractivity contribution is -0.198. The Morgan fingerprint density at radius 1 is 1.22 bits per heavy atom. The first-order chi connectivity index (χ1) is 8.50. The summed E-state index contributed by atoms with van der Waals surface area (Å²) in [5, 5.41) is 0. The summed E-state index contributed by atoms with van der Waals surface area (Å²) >= 11 is 0. The summed E-state index contributed by atoms with van der Waals surface area (Å²) in [5.41, 5.74) is 6.02. The van der Waals surface area contributed by atoms with Crippen molar-refractivity contribution in [2.75, 3.05) is 6.61 Å². The highest BCUT2D eigenvalue weighted by Gasteiger charge is 2.48. The van der Waals surface area contributed by atoms with E-state index in [0.29, 0.717) is 25.2 Å². The zero-order valence-corrected chi connectivity index (χ0v) is 10.4. The van der Waals surface area contributed by atoms with E-state index >= 15 is 0 Å². The van der Waals surface area contributed by atoms with Crippen molar-refractivity contribution in [3.8, 4) is 0 Å². The molecule has 1 aliphatic heterocycles. The van der Waals surface area contributed by atoms with Crippen LogP contribution in [-0.4, -0.2) is 18.8 Å². The highest BCUT2D eigenvalue weighted by molar-refractivity contribution is 5.08. The van der Waals surface area contributed by atoms with E-state index in [1.165, 1.54) is 0 Å². The van der Waals surface area contributed by atoms with Gasteiger partial charge in [-0.2, -0.15) is 13.2 Å². The number of hydrogen-bond donors (Lipinski definition) is 1. The molecule has 0 amide bonds. The Morgan fingerprint density at radius 2 is 1.94 bits per heavy atom. The zero-order valence-electron chi connectivity index (χ0n) is 10.4. The number of ether oxygens (including phenoxy) is 1. The van der Waals surface area contributed by atoms with Gasteiger partial charge in [0.25, 0.3) is 0 Å². The predicted octanol–water partition coefficient (Wildman–Crippen LogP) is 3.38. The third-order valence-electron chi connectivity index (χ3n) is 3.99. The molecule has 0 radical (unpaired) electrons. The topological polar surface area (TPSA) is 35.2 Å². The minimum Gasteiger partial charge on any atom is -0.497 e. The Hall–Kier alpha value is -0.710. The van der Waals surface area contributed by atoms with Gasteiger partial charge in [0.15, 0.2) is 0 Å². The third-order valence-corrected chi connectivity index (χ3v) is 3.99. The van der Waals surface area contributed by atoms with E-state index in [0.717, 1.165) is 19.3 Å². The Kier molecular flexibility index (Phi) is 4.20. The standard InChI is InChI=1S/C13H20F3NO/c14-13(15,16)10-6-2-1-5-9(10)12(17)11-7-3-4-8-18-11/h7,9-10,12H,1-6,8,17H2. The van der Waals surface area contributed by atoms with Crippen molar-refractivity contribution in [2.45, 2.75) is 50.7 Å². The van der Waals surface area contributed by atoms with E-state index in [2.05, 4.69) is 0 Å². The number of allylic oxidation sites excluding steroid dienone is 1. The molecular weight excluding hydrogens is 243 g/mol. The van der Waals surface area contributed by atoms with E-state index in [1.54, 1.807) is 0 Å². The Morgan fingerprint density at radius 3 is 2.56 bits per heavy atom. The molecule has 1 saturated carbocycles. The highest BCUT2D eigenvalue weighted by Crippen LogP contribution is 2.43. The van der Waals surface area contributed by atoms with Gasteiger partial charge in [-0.1, -0.05) is 12.8 Å². The van der Waals surface area contributed by atoms with Crippen molar-refractivity contribution in [1.82, 2.24) is 0 Å². The third kappa shape index (κ3) is 2.99. The lowest BCUT2D eigenvalue weighted by Gasteiger charge is -2.37. The van der Waals surface area contributed by atoms with Crippen molar-refractivity contribution in [3.05, 3.63) is 11.8 Å². The Bertz CT molecular complexity index is 314. The van der Waals surface area contributed by atoms with Gasteiger partial charge in [0.1, 0.15) is 5.76 Å². The van der Waals surface area contributed by atoms with E-state index in [1.807, 2.05) is 6.08 Å². The normalized spacial score (nSPS) is 31.4. The van der Waals surface area contributed by atoms with E-state index in [9.17, 15) is 13.2 Å². The van der Waals surface area contributed by atoms with Crippen LogP contribution in [0.4, 0.5) is 13.2 Å². The molecular formula is C13H20F3NO. The SMILES string of the molecule is NC(C1=CCCCO1)C1CCCCC1C(F)(F)F. The number of hydrogen-bond acceptors (Lipinski definition) is 2. The molecule has 0 aromatic carbocycles. The second-order valence-electron chi connectivity index (χ2n) is 5.22. The maximum Gasteiger partial charge on any atom is 0.392 e. The molecule has 2 aliphatic rings. The van der Waals surface area contributed by atoms with Gasteiger partial charge in [-0.3, -0.25) is 0 Å². The lowest BCUT2D eigenvalue weighted by Crippen LogP contribution is -2.44. The van der Waals surface area contributed by atoms with E-state index in [-0.39, 0.29) is 6.42 Å². The Labute approximate surface area is 105 Å². The molecule has 1 fully saturated rings. The average molecular weight is 263 g/mol. The number of alkyl halides is 3. The molecule has 0 bridgehead atoms. The van der Waals surface area contributed by atoms with Gasteiger partial charge in [-0.15, -0.1) is 0 Å². The molecule has 0 spiro atoms. The van der Waals surface area contributed by atoms with Crippen molar-refractivity contribution >= 4 is 0 Å². The summed E-state index contributed by atoms with van der Waals surface area (Å²) in [4.78, 5) is 0. The smallest absolute Gasteiger partial charge is 0.392 e. The van der Waals surface area contributed by atoms with Crippen LogP contribution in [0.1, 0.15) is 38.5 Å². The molecule has 5 heteroatoms. The Balaban J connectivity index is 2.10. The van der Waals surface area contributed by atoms with Crippen molar-refractivity contribution in [2.24, 2.45) is 17.6 Å². The molecule has 1 aliphatic carbocycles.